The first kappa shape index (κ1) is 33.3. The molecule has 9 N–H and O–H groups in total. The van der Waals surface area contributed by atoms with E-state index >= 15 is 0 Å². The quantitative estimate of drug-likeness (QED) is 0.161. The summed E-state index contributed by atoms with van der Waals surface area (Å²) in [5, 5.41) is 54.0. The van der Waals surface area contributed by atoms with Crippen molar-refractivity contribution in [1.82, 2.24) is 4.90 Å². The number of hydrogen-bond donors (Lipinski definition) is 7. The number of amides is 1. The van der Waals surface area contributed by atoms with Gasteiger partial charge in [0.2, 0.25) is 5.91 Å². The molecule has 0 radical (unpaired) electrons. The maximum atomic E-state index is 13.7. The van der Waals surface area contributed by atoms with E-state index in [2.05, 4.69) is 0 Å². The summed E-state index contributed by atoms with van der Waals surface area (Å²) in [6.45, 7) is 10.0. The lowest BCUT2D eigenvalue weighted by atomic mass is 9.81. The van der Waals surface area contributed by atoms with Crippen LogP contribution in [0.5, 0.6) is 0 Å². The van der Waals surface area contributed by atoms with Gasteiger partial charge in [0.05, 0.1) is 48.6 Å². The fourth-order valence-corrected chi connectivity index (χ4v) is 5.62. The molecule has 12 heteroatoms. The van der Waals surface area contributed by atoms with Gasteiger partial charge in [-0.1, -0.05) is 39.8 Å². The molecule has 0 aliphatic carbocycles. The Morgan fingerprint density at radius 1 is 1.15 bits per heavy atom. The number of carbonyl (C=O) groups excluding carboxylic acids is 1. The number of hydrogen-bond acceptors (Lipinski definition) is 11. The Morgan fingerprint density at radius 2 is 1.82 bits per heavy atom. The molecule has 3 aliphatic heterocycles. The van der Waals surface area contributed by atoms with Crippen molar-refractivity contribution in [3.8, 4) is 0 Å². The Bertz CT molecular complexity index is 861. The SMILES string of the molecule is CC(C)/C=C/[C@@H](C[C@@H]1O[C@](O)(C[C@@H](O)C(C)C)C[C@H](O)[C@H]1C(=O)N1CC[C@H](N)C1)OC1OC(C)C(O)C(N)C1O. The molecule has 3 rings (SSSR count). The third kappa shape index (κ3) is 8.21. The number of nitrogens with two attached hydrogens (primary N) is 2. The third-order valence-electron chi connectivity index (χ3n) is 8.21. The largest absolute Gasteiger partial charge is 0.393 e. The Labute approximate surface area is 237 Å². The first-order valence-electron chi connectivity index (χ1n) is 14.5. The van der Waals surface area contributed by atoms with Crippen LogP contribution in [0.25, 0.3) is 0 Å². The lowest BCUT2D eigenvalue weighted by Crippen LogP contribution is -2.62. The molecular weight excluding hydrogens is 522 g/mol. The van der Waals surface area contributed by atoms with Gasteiger partial charge in [-0.3, -0.25) is 4.79 Å². The molecule has 3 aliphatic rings. The number of rotatable bonds is 10. The maximum Gasteiger partial charge on any atom is 0.231 e. The molecule has 0 saturated carbocycles. The van der Waals surface area contributed by atoms with E-state index in [1.54, 1.807) is 17.9 Å². The average molecular weight is 574 g/mol. The van der Waals surface area contributed by atoms with E-state index in [0.29, 0.717) is 19.5 Å². The van der Waals surface area contributed by atoms with Gasteiger partial charge in [-0.25, -0.2) is 0 Å². The maximum absolute atomic E-state index is 13.7. The second-order valence-corrected chi connectivity index (χ2v) is 12.6. The highest BCUT2D eigenvalue weighted by molar-refractivity contribution is 5.80. The van der Waals surface area contributed by atoms with Crippen LogP contribution in [0.2, 0.25) is 0 Å². The number of aliphatic hydroxyl groups is 5. The minimum absolute atomic E-state index is 0.0232. The fraction of sp³-hybridized carbons (Fsp3) is 0.893. The van der Waals surface area contributed by atoms with Gasteiger partial charge in [0, 0.05) is 38.4 Å². The third-order valence-corrected chi connectivity index (χ3v) is 8.21. The van der Waals surface area contributed by atoms with Crippen LogP contribution in [0, 0.1) is 17.8 Å². The molecule has 12 atom stereocenters. The molecule has 3 saturated heterocycles. The van der Waals surface area contributed by atoms with E-state index in [-0.39, 0.29) is 43.0 Å². The molecule has 0 aromatic carbocycles. The average Bonchev–Trinajstić information content (AvgIpc) is 3.29. The van der Waals surface area contributed by atoms with Gasteiger partial charge in [0.15, 0.2) is 12.1 Å². The first-order valence-corrected chi connectivity index (χ1v) is 14.5. The van der Waals surface area contributed by atoms with Gasteiger partial charge in [0.25, 0.3) is 0 Å². The van der Waals surface area contributed by atoms with Crippen LogP contribution in [-0.4, -0.2) is 116 Å². The summed E-state index contributed by atoms with van der Waals surface area (Å²) in [6, 6.07) is -1.15. The van der Waals surface area contributed by atoms with Crippen molar-refractivity contribution in [1.29, 1.82) is 0 Å². The summed E-state index contributed by atoms with van der Waals surface area (Å²) in [6.07, 6.45) is -4.24. The zero-order valence-electron chi connectivity index (χ0n) is 24.4. The van der Waals surface area contributed by atoms with Crippen molar-refractivity contribution in [2.45, 2.75) is 127 Å². The molecule has 3 heterocycles. The fourth-order valence-electron chi connectivity index (χ4n) is 5.62. The number of nitrogens with zero attached hydrogens (tertiary/aromatic N) is 1. The highest BCUT2D eigenvalue weighted by Gasteiger charge is 2.52. The number of carbonyl (C=O) groups is 1. The summed E-state index contributed by atoms with van der Waals surface area (Å²) in [7, 11) is 0. The molecular formula is C28H51N3O9. The van der Waals surface area contributed by atoms with Crippen molar-refractivity contribution < 1.29 is 44.5 Å². The number of aliphatic hydroxyl groups excluding tert-OH is 4. The van der Waals surface area contributed by atoms with Crippen molar-refractivity contribution in [3.05, 3.63) is 12.2 Å². The summed E-state index contributed by atoms with van der Waals surface area (Å²) >= 11 is 0. The van der Waals surface area contributed by atoms with Gasteiger partial charge in [-0.15, -0.1) is 0 Å². The first-order chi connectivity index (χ1) is 18.6. The van der Waals surface area contributed by atoms with Crippen LogP contribution in [0.1, 0.15) is 60.3 Å². The molecule has 232 valence electrons. The van der Waals surface area contributed by atoms with Crippen LogP contribution in [-0.2, 0) is 19.0 Å². The lowest BCUT2D eigenvalue weighted by molar-refractivity contribution is -0.308. The highest BCUT2D eigenvalue weighted by atomic mass is 16.7. The molecule has 40 heavy (non-hydrogen) atoms. The van der Waals surface area contributed by atoms with E-state index < -0.39 is 66.8 Å². The summed E-state index contributed by atoms with van der Waals surface area (Å²) in [5.41, 5.74) is 12.0. The normalized spacial score (nSPS) is 40.8. The van der Waals surface area contributed by atoms with Crippen LogP contribution in [0.15, 0.2) is 12.2 Å². The van der Waals surface area contributed by atoms with Gasteiger partial charge >= 0.3 is 0 Å². The predicted octanol–water partition coefficient (Wildman–Crippen LogP) is -0.811. The van der Waals surface area contributed by atoms with Crippen molar-refractivity contribution >= 4 is 5.91 Å². The molecule has 5 unspecified atom stereocenters. The lowest BCUT2D eigenvalue weighted by Gasteiger charge is -2.46. The molecule has 0 bridgehead atoms. The van der Waals surface area contributed by atoms with Crippen molar-refractivity contribution in [2.75, 3.05) is 13.1 Å². The topological polar surface area (TPSA) is 201 Å². The molecule has 12 nitrogen and oxygen atoms in total. The minimum Gasteiger partial charge on any atom is -0.393 e. The second kappa shape index (κ2) is 13.9. The summed E-state index contributed by atoms with van der Waals surface area (Å²) < 4.78 is 18.0. The zero-order chi connectivity index (χ0) is 29.9. The molecule has 0 spiro atoms. The highest BCUT2D eigenvalue weighted by Crippen LogP contribution is 2.39. The van der Waals surface area contributed by atoms with Crippen LogP contribution < -0.4 is 11.5 Å². The minimum atomic E-state index is -1.87. The summed E-state index contributed by atoms with van der Waals surface area (Å²) in [5.74, 6) is -3.23. The number of likely N-dealkylation sites (tertiary alicyclic amines) is 1. The van der Waals surface area contributed by atoms with E-state index in [9.17, 15) is 30.3 Å². The van der Waals surface area contributed by atoms with Crippen LogP contribution >= 0.6 is 0 Å². The molecule has 0 aromatic heterocycles. The molecule has 0 aromatic rings. The van der Waals surface area contributed by atoms with Crippen LogP contribution in [0.4, 0.5) is 0 Å². The molecule has 3 fully saturated rings. The van der Waals surface area contributed by atoms with Crippen molar-refractivity contribution in [2.24, 2.45) is 29.2 Å². The van der Waals surface area contributed by atoms with E-state index in [1.165, 1.54) is 0 Å². The number of ether oxygens (including phenoxy) is 3. The standard InChI is InChI=1S/C28H51N3O9/c1-14(2)6-7-18(39-27-25(35)23(30)24(34)16(5)38-27)10-21-22(26(36)31-9-8-17(29)13-31)20(33)12-28(37,40-21)11-19(32)15(3)4/h6-7,14-25,27,32-35,37H,8-13,29-30H2,1-5H3/b7-6+/t16?,17-,18-,19+,20-,21-,22+,23?,24?,25?,27?,28+/m0/s1. The van der Waals surface area contributed by atoms with Gasteiger partial charge < -0.3 is 56.1 Å². The summed E-state index contributed by atoms with van der Waals surface area (Å²) in [4.78, 5) is 15.3. The predicted molar refractivity (Wildman–Crippen MR) is 146 cm³/mol. The number of allylic oxidation sites excluding steroid dienone is 1. The Morgan fingerprint density at radius 3 is 2.40 bits per heavy atom. The van der Waals surface area contributed by atoms with E-state index in [4.69, 9.17) is 25.7 Å². The smallest absolute Gasteiger partial charge is 0.231 e. The second-order valence-electron chi connectivity index (χ2n) is 12.6. The van der Waals surface area contributed by atoms with Crippen LogP contribution in [0.3, 0.4) is 0 Å². The zero-order valence-corrected chi connectivity index (χ0v) is 24.4. The Balaban J connectivity index is 1.90. The van der Waals surface area contributed by atoms with Gasteiger partial charge in [-0.2, -0.15) is 0 Å². The Hall–Kier alpha value is -1.19. The van der Waals surface area contributed by atoms with E-state index in [0.717, 1.165) is 0 Å². The van der Waals surface area contributed by atoms with E-state index in [1.807, 2.05) is 33.8 Å². The Kier molecular flexibility index (Phi) is 11.5. The monoisotopic (exact) mass is 573 g/mol. The van der Waals surface area contributed by atoms with Gasteiger partial charge in [0.1, 0.15) is 6.10 Å². The molecule has 1 amide bonds. The van der Waals surface area contributed by atoms with Gasteiger partial charge in [-0.05, 0) is 25.2 Å². The van der Waals surface area contributed by atoms with Crippen molar-refractivity contribution in [3.63, 3.8) is 0 Å².